The first-order valence-corrected chi connectivity index (χ1v) is 4.28. The van der Waals surface area contributed by atoms with Gasteiger partial charge in [-0.05, 0) is 25.8 Å². The predicted octanol–water partition coefficient (Wildman–Crippen LogP) is -0.456. The second-order valence-electron chi connectivity index (χ2n) is 3.14. The second-order valence-corrected chi connectivity index (χ2v) is 3.14. The van der Waals surface area contributed by atoms with E-state index in [2.05, 4.69) is 0 Å². The van der Waals surface area contributed by atoms with Gasteiger partial charge in [-0.3, -0.25) is 4.79 Å². The molecule has 78 valence electrons. The van der Waals surface area contributed by atoms with E-state index in [1.165, 1.54) is 7.11 Å². The molecule has 0 unspecified atom stereocenters. The number of aliphatic carboxylic acids is 1. The molecule has 5 heteroatoms. The smallest absolute Gasteiger partial charge is 0.326 e. The fourth-order valence-corrected chi connectivity index (χ4v) is 1.08. The first kappa shape index (κ1) is 12.3. The van der Waals surface area contributed by atoms with Gasteiger partial charge in [0.05, 0.1) is 6.61 Å². The molecule has 0 aliphatic carbocycles. The van der Waals surface area contributed by atoms with Crippen LogP contribution in [-0.4, -0.2) is 36.9 Å². The topological polar surface area (TPSA) is 98.6 Å². The van der Waals surface area contributed by atoms with Gasteiger partial charge in [-0.15, -0.1) is 0 Å². The molecule has 0 fully saturated rings. The van der Waals surface area contributed by atoms with Gasteiger partial charge in [0, 0.05) is 7.11 Å². The lowest BCUT2D eigenvalue weighted by Crippen LogP contribution is -2.51. The minimum absolute atomic E-state index is 0.0346. The molecule has 0 radical (unpaired) electrons. The summed E-state index contributed by atoms with van der Waals surface area (Å²) in [5, 5.41) is 8.83. The summed E-state index contributed by atoms with van der Waals surface area (Å²) in [6, 6.07) is 0. The summed E-state index contributed by atoms with van der Waals surface area (Å²) in [5.74, 6) is -1.02. The summed E-state index contributed by atoms with van der Waals surface area (Å²) in [6.45, 7) is 0.593. The second kappa shape index (κ2) is 5.90. The molecule has 0 heterocycles. The molecule has 13 heavy (non-hydrogen) atoms. The molecule has 0 saturated heterocycles. The minimum Gasteiger partial charge on any atom is -0.480 e. The Morgan fingerprint density at radius 1 is 1.54 bits per heavy atom. The quantitative estimate of drug-likeness (QED) is 0.472. The van der Waals surface area contributed by atoms with E-state index in [0.717, 1.165) is 6.42 Å². The van der Waals surface area contributed by atoms with Gasteiger partial charge >= 0.3 is 5.97 Å². The van der Waals surface area contributed by atoms with Crippen molar-refractivity contribution in [1.29, 1.82) is 0 Å². The lowest BCUT2D eigenvalue weighted by atomic mass is 9.95. The number of carboxylic acid groups (broad SMARTS) is 1. The molecule has 0 aromatic carbocycles. The average Bonchev–Trinajstić information content (AvgIpc) is 2.05. The van der Waals surface area contributed by atoms with Crippen LogP contribution in [0, 0.1) is 0 Å². The average molecular weight is 190 g/mol. The zero-order chi connectivity index (χ0) is 10.3. The summed E-state index contributed by atoms with van der Waals surface area (Å²) in [5.41, 5.74) is 9.66. The Morgan fingerprint density at radius 2 is 2.15 bits per heavy atom. The van der Waals surface area contributed by atoms with E-state index in [9.17, 15) is 4.79 Å². The molecule has 5 nitrogen and oxygen atoms in total. The van der Waals surface area contributed by atoms with Crippen LogP contribution in [-0.2, 0) is 9.53 Å². The maximum absolute atomic E-state index is 10.8. The van der Waals surface area contributed by atoms with Crippen LogP contribution in [0.5, 0.6) is 0 Å². The van der Waals surface area contributed by atoms with Gasteiger partial charge < -0.3 is 21.3 Å². The molecule has 0 bridgehead atoms. The van der Waals surface area contributed by atoms with Gasteiger partial charge in [0.2, 0.25) is 0 Å². The molecule has 0 aliphatic rings. The number of ether oxygens (including phenoxy) is 1. The molecule has 0 rings (SSSR count). The van der Waals surface area contributed by atoms with Crippen LogP contribution in [0.25, 0.3) is 0 Å². The fraction of sp³-hybridized carbons (Fsp3) is 0.875. The van der Waals surface area contributed by atoms with E-state index >= 15 is 0 Å². The molecule has 0 spiro atoms. The van der Waals surface area contributed by atoms with Crippen molar-refractivity contribution in [1.82, 2.24) is 0 Å². The Hall–Kier alpha value is -0.650. The minimum atomic E-state index is -1.26. The zero-order valence-corrected chi connectivity index (χ0v) is 7.95. The van der Waals surface area contributed by atoms with Crippen LogP contribution in [0.4, 0.5) is 0 Å². The highest BCUT2D eigenvalue weighted by Crippen LogP contribution is 2.11. The van der Waals surface area contributed by atoms with Crippen LogP contribution < -0.4 is 11.5 Å². The Labute approximate surface area is 78.0 Å². The van der Waals surface area contributed by atoms with Crippen LogP contribution >= 0.6 is 0 Å². The number of hydrogen-bond acceptors (Lipinski definition) is 4. The summed E-state index contributed by atoms with van der Waals surface area (Å²) in [4.78, 5) is 10.8. The molecule has 0 aromatic rings. The summed E-state index contributed by atoms with van der Waals surface area (Å²) >= 11 is 0. The third-order valence-electron chi connectivity index (χ3n) is 1.90. The standard InChI is InChI=1S/C8H18N2O3/c1-13-6-8(10,7(11)12)4-2-3-5-9/h2-6,9-10H2,1H3,(H,11,12)/t8-/m1/s1. The van der Waals surface area contributed by atoms with E-state index < -0.39 is 11.5 Å². The molecular weight excluding hydrogens is 172 g/mol. The maximum atomic E-state index is 10.8. The van der Waals surface area contributed by atoms with Crippen molar-refractivity contribution in [3.63, 3.8) is 0 Å². The van der Waals surface area contributed by atoms with E-state index in [1.807, 2.05) is 0 Å². The van der Waals surface area contributed by atoms with Crippen LogP contribution in [0.2, 0.25) is 0 Å². The van der Waals surface area contributed by atoms with Crippen LogP contribution in [0.3, 0.4) is 0 Å². The van der Waals surface area contributed by atoms with Gasteiger partial charge in [-0.25, -0.2) is 0 Å². The summed E-state index contributed by atoms with van der Waals surface area (Å²) in [6.07, 6.45) is 1.89. The normalized spacial score (nSPS) is 15.3. The zero-order valence-electron chi connectivity index (χ0n) is 7.95. The number of carboxylic acids is 1. The highest BCUT2D eigenvalue weighted by molar-refractivity contribution is 5.78. The van der Waals surface area contributed by atoms with Gasteiger partial charge in [0.1, 0.15) is 5.54 Å². The molecule has 0 aromatic heterocycles. The van der Waals surface area contributed by atoms with Crippen molar-refractivity contribution in [3.05, 3.63) is 0 Å². The van der Waals surface area contributed by atoms with Crippen LogP contribution in [0.15, 0.2) is 0 Å². The molecule has 0 amide bonds. The fourth-order valence-electron chi connectivity index (χ4n) is 1.08. The number of nitrogens with two attached hydrogens (primary N) is 2. The number of carbonyl (C=O) groups is 1. The van der Waals surface area contributed by atoms with Crippen molar-refractivity contribution < 1.29 is 14.6 Å². The summed E-state index contributed by atoms with van der Waals surface area (Å²) < 4.78 is 4.76. The molecule has 0 aliphatic heterocycles. The lowest BCUT2D eigenvalue weighted by molar-refractivity contribution is -0.145. The van der Waals surface area contributed by atoms with Gasteiger partial charge in [-0.1, -0.05) is 0 Å². The van der Waals surface area contributed by atoms with Crippen molar-refractivity contribution in [2.45, 2.75) is 24.8 Å². The number of methoxy groups -OCH3 is 1. The van der Waals surface area contributed by atoms with Crippen molar-refractivity contribution >= 4 is 5.97 Å². The number of unbranched alkanes of at least 4 members (excludes halogenated alkanes) is 1. The molecular formula is C8H18N2O3. The lowest BCUT2D eigenvalue weighted by Gasteiger charge is -2.23. The Balaban J connectivity index is 4.00. The highest BCUT2D eigenvalue weighted by atomic mass is 16.5. The van der Waals surface area contributed by atoms with Crippen molar-refractivity contribution in [2.75, 3.05) is 20.3 Å². The third-order valence-corrected chi connectivity index (χ3v) is 1.90. The monoisotopic (exact) mass is 190 g/mol. The first-order chi connectivity index (χ1) is 6.06. The summed E-state index contributed by atoms with van der Waals surface area (Å²) in [7, 11) is 1.44. The Kier molecular flexibility index (Phi) is 5.61. The van der Waals surface area contributed by atoms with E-state index in [-0.39, 0.29) is 6.61 Å². The maximum Gasteiger partial charge on any atom is 0.326 e. The van der Waals surface area contributed by atoms with Crippen molar-refractivity contribution in [3.8, 4) is 0 Å². The first-order valence-electron chi connectivity index (χ1n) is 4.28. The highest BCUT2D eigenvalue weighted by Gasteiger charge is 2.33. The third kappa shape index (κ3) is 4.21. The molecule has 0 saturated carbocycles. The van der Waals surface area contributed by atoms with E-state index in [0.29, 0.717) is 19.4 Å². The predicted molar refractivity (Wildman–Crippen MR) is 49.3 cm³/mol. The molecule has 5 N–H and O–H groups in total. The largest absolute Gasteiger partial charge is 0.480 e. The SMILES string of the molecule is COC[C@](N)(CCCCN)C(=O)O. The molecule has 1 atom stereocenters. The van der Waals surface area contributed by atoms with Gasteiger partial charge in [0.15, 0.2) is 0 Å². The van der Waals surface area contributed by atoms with E-state index in [4.69, 9.17) is 21.3 Å². The Morgan fingerprint density at radius 3 is 2.54 bits per heavy atom. The van der Waals surface area contributed by atoms with Gasteiger partial charge in [0.25, 0.3) is 0 Å². The van der Waals surface area contributed by atoms with E-state index in [1.54, 1.807) is 0 Å². The van der Waals surface area contributed by atoms with Crippen molar-refractivity contribution in [2.24, 2.45) is 11.5 Å². The van der Waals surface area contributed by atoms with Crippen LogP contribution in [0.1, 0.15) is 19.3 Å². The van der Waals surface area contributed by atoms with Gasteiger partial charge in [-0.2, -0.15) is 0 Å². The number of rotatable bonds is 7. The number of hydrogen-bond donors (Lipinski definition) is 3. The Bertz CT molecular complexity index is 163.